The van der Waals surface area contributed by atoms with Crippen LogP contribution < -0.4 is 10.1 Å². The molecule has 4 rings (SSSR count). The highest BCUT2D eigenvalue weighted by Crippen LogP contribution is 2.25. The molecular formula is C28H28N2O6. The lowest BCUT2D eigenvalue weighted by molar-refractivity contribution is -0.142. The van der Waals surface area contributed by atoms with Crippen LogP contribution in [0.2, 0.25) is 0 Å². The Kier molecular flexibility index (Phi) is 7.85. The molecule has 0 bridgehead atoms. The molecule has 0 spiro atoms. The Bertz CT molecular complexity index is 1230. The molecule has 2 amide bonds. The number of ether oxygens (including phenoxy) is 2. The SMILES string of the molecule is COc1cccc(C[C@@H](NC(=O)[C@@H]2Cc3ccccc3CN2C(=O)OCc2ccccc2)C(=O)O)c1. The van der Waals surface area contributed by atoms with E-state index >= 15 is 0 Å². The van der Waals surface area contributed by atoms with Gasteiger partial charge in [-0.3, -0.25) is 9.69 Å². The van der Waals surface area contributed by atoms with Gasteiger partial charge in [0, 0.05) is 12.8 Å². The predicted octanol–water partition coefficient (Wildman–Crippen LogP) is 3.57. The van der Waals surface area contributed by atoms with Gasteiger partial charge < -0.3 is 19.9 Å². The van der Waals surface area contributed by atoms with E-state index in [9.17, 15) is 19.5 Å². The van der Waals surface area contributed by atoms with Crippen molar-refractivity contribution in [3.8, 4) is 5.75 Å². The van der Waals surface area contributed by atoms with Gasteiger partial charge in [-0.1, -0.05) is 66.7 Å². The molecule has 0 radical (unpaired) electrons. The number of hydrogen-bond acceptors (Lipinski definition) is 5. The van der Waals surface area contributed by atoms with Crippen LogP contribution in [0.3, 0.4) is 0 Å². The lowest BCUT2D eigenvalue weighted by atomic mass is 9.93. The highest BCUT2D eigenvalue weighted by atomic mass is 16.6. The van der Waals surface area contributed by atoms with E-state index < -0.39 is 30.1 Å². The molecule has 36 heavy (non-hydrogen) atoms. The number of carboxylic acid groups (broad SMARTS) is 1. The maximum Gasteiger partial charge on any atom is 0.411 e. The van der Waals surface area contributed by atoms with Crippen molar-refractivity contribution in [2.24, 2.45) is 0 Å². The molecule has 2 atom stereocenters. The van der Waals surface area contributed by atoms with Crippen molar-refractivity contribution < 1.29 is 29.0 Å². The van der Waals surface area contributed by atoms with Crippen LogP contribution in [0.25, 0.3) is 0 Å². The van der Waals surface area contributed by atoms with Gasteiger partial charge in [-0.25, -0.2) is 9.59 Å². The highest BCUT2D eigenvalue weighted by Gasteiger charge is 2.37. The summed E-state index contributed by atoms with van der Waals surface area (Å²) in [6.45, 7) is 0.259. The van der Waals surface area contributed by atoms with Crippen LogP contribution in [0.15, 0.2) is 78.9 Å². The first-order chi connectivity index (χ1) is 17.4. The van der Waals surface area contributed by atoms with Crippen molar-refractivity contribution in [3.05, 3.63) is 101 Å². The Balaban J connectivity index is 1.51. The maximum absolute atomic E-state index is 13.4. The minimum atomic E-state index is -1.18. The number of aliphatic carboxylic acids is 1. The molecule has 2 N–H and O–H groups in total. The summed E-state index contributed by atoms with van der Waals surface area (Å²) in [4.78, 5) is 39.8. The molecule has 0 saturated heterocycles. The smallest absolute Gasteiger partial charge is 0.411 e. The first-order valence-corrected chi connectivity index (χ1v) is 11.6. The first-order valence-electron chi connectivity index (χ1n) is 11.6. The molecule has 1 heterocycles. The summed E-state index contributed by atoms with van der Waals surface area (Å²) >= 11 is 0. The number of benzene rings is 3. The lowest BCUT2D eigenvalue weighted by Gasteiger charge is -2.35. The van der Waals surface area contributed by atoms with Gasteiger partial charge >= 0.3 is 12.1 Å². The molecule has 186 valence electrons. The largest absolute Gasteiger partial charge is 0.497 e. The van der Waals surface area contributed by atoms with Gasteiger partial charge in [-0.15, -0.1) is 0 Å². The predicted molar refractivity (Wildman–Crippen MR) is 132 cm³/mol. The molecule has 0 aromatic heterocycles. The highest BCUT2D eigenvalue weighted by molar-refractivity contribution is 5.90. The fraction of sp³-hybridized carbons (Fsp3) is 0.250. The van der Waals surface area contributed by atoms with Crippen molar-refractivity contribution in [1.82, 2.24) is 10.2 Å². The van der Waals surface area contributed by atoms with Crippen LogP contribution in [0.1, 0.15) is 22.3 Å². The third kappa shape index (κ3) is 6.02. The van der Waals surface area contributed by atoms with Gasteiger partial charge in [0.05, 0.1) is 13.7 Å². The third-order valence-electron chi connectivity index (χ3n) is 6.18. The quantitative estimate of drug-likeness (QED) is 0.502. The third-order valence-corrected chi connectivity index (χ3v) is 6.18. The molecule has 8 heteroatoms. The number of rotatable bonds is 8. The van der Waals surface area contributed by atoms with Gasteiger partial charge in [-0.05, 0) is 34.4 Å². The zero-order chi connectivity index (χ0) is 25.5. The molecule has 1 aliphatic heterocycles. The Morgan fingerprint density at radius 2 is 1.67 bits per heavy atom. The normalized spacial score (nSPS) is 15.4. The van der Waals surface area contributed by atoms with Gasteiger partial charge in [-0.2, -0.15) is 0 Å². The number of hydrogen-bond donors (Lipinski definition) is 2. The first kappa shape index (κ1) is 24.8. The number of nitrogens with one attached hydrogen (secondary N) is 1. The summed E-state index contributed by atoms with van der Waals surface area (Å²) in [5.74, 6) is -1.11. The van der Waals surface area contributed by atoms with Crippen LogP contribution in [-0.2, 0) is 40.3 Å². The van der Waals surface area contributed by atoms with Crippen molar-refractivity contribution in [2.75, 3.05) is 7.11 Å². The van der Waals surface area contributed by atoms with E-state index in [1.54, 1.807) is 24.3 Å². The fourth-order valence-electron chi connectivity index (χ4n) is 4.25. The van der Waals surface area contributed by atoms with Gasteiger partial charge in [0.15, 0.2) is 0 Å². The summed E-state index contributed by atoms with van der Waals surface area (Å²) in [6.07, 6.45) is -0.304. The monoisotopic (exact) mass is 488 g/mol. The van der Waals surface area contributed by atoms with E-state index in [4.69, 9.17) is 9.47 Å². The standard InChI is InChI=1S/C28H28N2O6/c1-35-23-13-7-10-20(14-23)15-24(27(32)33)29-26(31)25-16-21-11-5-6-12-22(21)17-30(25)28(34)36-18-19-8-3-2-4-9-19/h2-14,24-25H,15-18H2,1H3,(H,29,31)(H,32,33)/t24-,25+/m1/s1. The minimum absolute atomic E-state index is 0.0692. The summed E-state index contributed by atoms with van der Waals surface area (Å²) in [7, 11) is 1.53. The number of nitrogens with zero attached hydrogens (tertiary/aromatic N) is 1. The van der Waals surface area contributed by atoms with Crippen LogP contribution in [-0.4, -0.2) is 47.2 Å². The number of amides is 2. The van der Waals surface area contributed by atoms with Crippen molar-refractivity contribution in [2.45, 2.75) is 38.1 Å². The Morgan fingerprint density at radius 3 is 2.39 bits per heavy atom. The van der Waals surface area contributed by atoms with E-state index in [1.165, 1.54) is 12.0 Å². The van der Waals surface area contributed by atoms with Crippen LogP contribution in [0.5, 0.6) is 5.75 Å². The molecule has 8 nitrogen and oxygen atoms in total. The van der Waals surface area contributed by atoms with E-state index in [0.29, 0.717) is 11.3 Å². The number of carbonyl (C=O) groups excluding carboxylic acids is 2. The molecule has 1 aliphatic rings. The second kappa shape index (κ2) is 11.4. The van der Waals surface area contributed by atoms with E-state index in [2.05, 4.69) is 5.32 Å². The summed E-state index contributed by atoms with van der Waals surface area (Å²) in [5, 5.41) is 12.4. The average Bonchev–Trinajstić information content (AvgIpc) is 2.91. The molecule has 0 saturated carbocycles. The molecule has 0 aliphatic carbocycles. The van der Waals surface area contributed by atoms with Gasteiger partial charge in [0.25, 0.3) is 0 Å². The van der Waals surface area contributed by atoms with Gasteiger partial charge in [0.1, 0.15) is 24.4 Å². The Morgan fingerprint density at radius 1 is 0.972 bits per heavy atom. The fourth-order valence-corrected chi connectivity index (χ4v) is 4.25. The maximum atomic E-state index is 13.4. The molecule has 0 fully saturated rings. The van der Waals surface area contributed by atoms with Crippen molar-refractivity contribution >= 4 is 18.0 Å². The Hall–Kier alpha value is -4.33. The molecule has 3 aromatic rings. The number of carboxylic acids is 1. The summed E-state index contributed by atoms with van der Waals surface area (Å²) in [5.41, 5.74) is 3.39. The van der Waals surface area contributed by atoms with Crippen LogP contribution in [0, 0.1) is 0 Å². The van der Waals surface area contributed by atoms with E-state index in [1.807, 2.05) is 54.6 Å². The van der Waals surface area contributed by atoms with Crippen LogP contribution in [0.4, 0.5) is 4.79 Å². The Labute approximate surface area is 209 Å². The molecule has 0 unspecified atom stereocenters. The summed E-state index contributed by atoms with van der Waals surface area (Å²) in [6, 6.07) is 21.8. The average molecular weight is 489 g/mol. The lowest BCUT2D eigenvalue weighted by Crippen LogP contribution is -2.56. The van der Waals surface area contributed by atoms with Crippen LogP contribution >= 0.6 is 0 Å². The second-order valence-corrected chi connectivity index (χ2v) is 8.61. The number of methoxy groups -OCH3 is 1. The zero-order valence-electron chi connectivity index (χ0n) is 19.9. The summed E-state index contributed by atoms with van der Waals surface area (Å²) < 4.78 is 10.7. The van der Waals surface area contributed by atoms with Gasteiger partial charge in [0.2, 0.25) is 5.91 Å². The minimum Gasteiger partial charge on any atom is -0.497 e. The van der Waals surface area contributed by atoms with Crippen molar-refractivity contribution in [1.29, 1.82) is 0 Å². The second-order valence-electron chi connectivity index (χ2n) is 8.61. The topological polar surface area (TPSA) is 105 Å². The number of carbonyl (C=O) groups is 3. The van der Waals surface area contributed by atoms with E-state index in [0.717, 1.165) is 16.7 Å². The molecular weight excluding hydrogens is 460 g/mol. The van der Waals surface area contributed by atoms with E-state index in [-0.39, 0.29) is 26.0 Å². The zero-order valence-corrected chi connectivity index (χ0v) is 19.9. The van der Waals surface area contributed by atoms with Crippen molar-refractivity contribution in [3.63, 3.8) is 0 Å². The molecule has 3 aromatic carbocycles. The number of fused-ring (bicyclic) bond motifs is 1.